The van der Waals surface area contributed by atoms with Crippen molar-refractivity contribution in [2.75, 3.05) is 17.2 Å². The molecule has 0 fully saturated rings. The van der Waals surface area contributed by atoms with E-state index >= 15 is 0 Å². The zero-order valence-electron chi connectivity index (χ0n) is 11.5. The topological polar surface area (TPSA) is 41.1 Å². The lowest BCUT2D eigenvalue weighted by atomic mass is 10.1. The second-order valence-corrected chi connectivity index (χ2v) is 4.58. The molecule has 0 aliphatic rings. The predicted molar refractivity (Wildman–Crippen MR) is 84.7 cm³/mol. The van der Waals surface area contributed by atoms with Gasteiger partial charge in [0.05, 0.1) is 0 Å². The highest BCUT2D eigenvalue weighted by Gasteiger charge is 1.99. The fourth-order valence-electron chi connectivity index (χ4n) is 1.86. The normalized spacial score (nSPS) is 9.85. The van der Waals surface area contributed by atoms with Gasteiger partial charge in [0.2, 0.25) is 5.91 Å². The summed E-state index contributed by atoms with van der Waals surface area (Å²) in [5.74, 6) is -0.0665. The van der Waals surface area contributed by atoms with Crippen LogP contribution in [0, 0.1) is 0 Å². The molecule has 0 aliphatic carbocycles. The lowest BCUT2D eigenvalue weighted by molar-refractivity contribution is -0.114. The Morgan fingerprint density at radius 2 is 1.60 bits per heavy atom. The third-order valence-electron chi connectivity index (χ3n) is 2.89. The van der Waals surface area contributed by atoms with Gasteiger partial charge in [-0.2, -0.15) is 0 Å². The van der Waals surface area contributed by atoms with Crippen LogP contribution >= 0.6 is 0 Å². The average Bonchev–Trinajstić information content (AvgIpc) is 2.46. The lowest BCUT2D eigenvalue weighted by Gasteiger charge is -2.10. The molecule has 0 bridgehead atoms. The maximum Gasteiger partial charge on any atom is 0.221 e. The summed E-state index contributed by atoms with van der Waals surface area (Å²) in [5, 5.41) is 6.05. The van der Waals surface area contributed by atoms with E-state index in [0.29, 0.717) is 6.54 Å². The number of rotatable bonds is 5. The van der Waals surface area contributed by atoms with Crippen LogP contribution in [0.1, 0.15) is 12.5 Å². The van der Waals surface area contributed by atoms with Crippen molar-refractivity contribution in [1.82, 2.24) is 0 Å². The van der Waals surface area contributed by atoms with Crippen LogP contribution in [-0.2, 0) is 4.79 Å². The van der Waals surface area contributed by atoms with E-state index in [1.807, 2.05) is 54.6 Å². The van der Waals surface area contributed by atoms with Crippen LogP contribution in [0.2, 0.25) is 0 Å². The molecule has 1 amide bonds. The van der Waals surface area contributed by atoms with E-state index in [4.69, 9.17) is 0 Å². The van der Waals surface area contributed by atoms with Crippen molar-refractivity contribution in [3.8, 4) is 0 Å². The molecule has 0 atom stereocenters. The van der Waals surface area contributed by atoms with E-state index in [1.54, 1.807) is 0 Å². The van der Waals surface area contributed by atoms with Crippen LogP contribution in [0.5, 0.6) is 0 Å². The Morgan fingerprint density at radius 3 is 2.20 bits per heavy atom. The number of anilines is 2. The molecule has 0 unspecified atom stereocenters. The summed E-state index contributed by atoms with van der Waals surface area (Å²) in [6.07, 6.45) is 0. The van der Waals surface area contributed by atoms with Crippen LogP contribution in [0.15, 0.2) is 61.2 Å². The van der Waals surface area contributed by atoms with Gasteiger partial charge in [-0.05, 0) is 35.4 Å². The van der Waals surface area contributed by atoms with Gasteiger partial charge in [-0.1, -0.05) is 36.9 Å². The Hall–Kier alpha value is -2.55. The third-order valence-corrected chi connectivity index (χ3v) is 2.89. The van der Waals surface area contributed by atoms with E-state index < -0.39 is 0 Å². The van der Waals surface area contributed by atoms with Crippen molar-refractivity contribution < 1.29 is 4.79 Å². The number of nitrogens with one attached hydrogen (secondary N) is 2. The van der Waals surface area contributed by atoms with Crippen molar-refractivity contribution in [2.45, 2.75) is 6.92 Å². The molecule has 2 aromatic carbocycles. The van der Waals surface area contributed by atoms with Gasteiger partial charge in [0, 0.05) is 24.8 Å². The van der Waals surface area contributed by atoms with Gasteiger partial charge in [0.15, 0.2) is 0 Å². The largest absolute Gasteiger partial charge is 0.381 e. The van der Waals surface area contributed by atoms with Gasteiger partial charge in [0.1, 0.15) is 0 Å². The van der Waals surface area contributed by atoms with Crippen molar-refractivity contribution in [1.29, 1.82) is 0 Å². The number of hydrogen-bond acceptors (Lipinski definition) is 2. The van der Waals surface area contributed by atoms with Gasteiger partial charge in [-0.25, -0.2) is 0 Å². The first-order valence-electron chi connectivity index (χ1n) is 6.50. The fraction of sp³-hybridized carbons (Fsp3) is 0.118. The van der Waals surface area contributed by atoms with Gasteiger partial charge >= 0.3 is 0 Å². The number of benzene rings is 2. The summed E-state index contributed by atoms with van der Waals surface area (Å²) < 4.78 is 0. The highest BCUT2D eigenvalue weighted by molar-refractivity contribution is 5.88. The Bertz CT molecular complexity index is 588. The SMILES string of the molecule is C=C(CNc1ccc(NC(C)=O)cc1)c1ccccc1. The van der Waals surface area contributed by atoms with Gasteiger partial charge in [-0.3, -0.25) is 4.79 Å². The smallest absolute Gasteiger partial charge is 0.221 e. The van der Waals surface area contributed by atoms with E-state index in [0.717, 1.165) is 22.5 Å². The summed E-state index contributed by atoms with van der Waals surface area (Å²) in [4.78, 5) is 10.9. The molecule has 0 spiro atoms. The molecule has 0 saturated carbocycles. The van der Waals surface area contributed by atoms with Gasteiger partial charge < -0.3 is 10.6 Å². The molecule has 0 radical (unpaired) electrons. The minimum absolute atomic E-state index is 0.0665. The fourth-order valence-corrected chi connectivity index (χ4v) is 1.86. The molecule has 2 rings (SSSR count). The molecule has 0 saturated heterocycles. The predicted octanol–water partition coefficient (Wildman–Crippen LogP) is 3.77. The Kier molecular flexibility index (Phi) is 4.56. The Labute approximate surface area is 119 Å². The average molecular weight is 266 g/mol. The molecule has 0 aliphatic heterocycles. The monoisotopic (exact) mass is 266 g/mol. The maximum absolute atomic E-state index is 10.9. The Balaban J connectivity index is 1.91. The first-order valence-corrected chi connectivity index (χ1v) is 6.50. The molecule has 3 nitrogen and oxygen atoms in total. The van der Waals surface area contributed by atoms with Crippen molar-refractivity contribution in [3.63, 3.8) is 0 Å². The second-order valence-electron chi connectivity index (χ2n) is 4.58. The summed E-state index contributed by atoms with van der Waals surface area (Å²) in [6.45, 7) is 6.26. The molecular weight excluding hydrogens is 248 g/mol. The first-order chi connectivity index (χ1) is 9.65. The molecule has 102 valence electrons. The lowest BCUT2D eigenvalue weighted by Crippen LogP contribution is -2.06. The highest BCUT2D eigenvalue weighted by Crippen LogP contribution is 2.16. The minimum Gasteiger partial charge on any atom is -0.381 e. The molecule has 2 aromatic rings. The van der Waals surface area contributed by atoms with E-state index in [-0.39, 0.29) is 5.91 Å². The molecule has 0 aromatic heterocycles. The van der Waals surface area contributed by atoms with E-state index in [2.05, 4.69) is 17.2 Å². The third kappa shape index (κ3) is 3.99. The summed E-state index contributed by atoms with van der Waals surface area (Å²) in [7, 11) is 0. The Morgan fingerprint density at radius 1 is 1.00 bits per heavy atom. The molecule has 2 N–H and O–H groups in total. The second kappa shape index (κ2) is 6.57. The van der Waals surface area contributed by atoms with Crippen LogP contribution in [0.25, 0.3) is 5.57 Å². The van der Waals surface area contributed by atoms with Gasteiger partial charge in [0.25, 0.3) is 0 Å². The summed E-state index contributed by atoms with van der Waals surface area (Å²) in [5.41, 5.74) is 3.97. The number of amides is 1. The molecule has 3 heteroatoms. The van der Waals surface area contributed by atoms with Crippen LogP contribution < -0.4 is 10.6 Å². The van der Waals surface area contributed by atoms with Crippen LogP contribution in [-0.4, -0.2) is 12.5 Å². The van der Waals surface area contributed by atoms with Crippen LogP contribution in [0.3, 0.4) is 0 Å². The molecular formula is C17H18N2O. The zero-order chi connectivity index (χ0) is 14.4. The van der Waals surface area contributed by atoms with E-state index in [1.165, 1.54) is 6.92 Å². The summed E-state index contributed by atoms with van der Waals surface area (Å²) in [6, 6.07) is 17.7. The van der Waals surface area contributed by atoms with E-state index in [9.17, 15) is 4.79 Å². The highest BCUT2D eigenvalue weighted by atomic mass is 16.1. The number of carbonyl (C=O) groups excluding carboxylic acids is 1. The first kappa shape index (κ1) is 13.9. The minimum atomic E-state index is -0.0665. The quantitative estimate of drug-likeness (QED) is 0.865. The van der Waals surface area contributed by atoms with Crippen molar-refractivity contribution in [3.05, 3.63) is 66.7 Å². The molecule has 0 heterocycles. The number of carbonyl (C=O) groups is 1. The zero-order valence-corrected chi connectivity index (χ0v) is 11.5. The van der Waals surface area contributed by atoms with Crippen molar-refractivity contribution >= 4 is 22.9 Å². The van der Waals surface area contributed by atoms with Crippen LogP contribution in [0.4, 0.5) is 11.4 Å². The van der Waals surface area contributed by atoms with Crippen molar-refractivity contribution in [2.24, 2.45) is 0 Å². The van der Waals surface area contributed by atoms with Gasteiger partial charge in [-0.15, -0.1) is 0 Å². The standard InChI is InChI=1S/C17H18N2O/c1-13(15-6-4-3-5-7-15)12-18-16-8-10-17(11-9-16)19-14(2)20/h3-11,18H,1,12H2,2H3,(H,19,20). The summed E-state index contributed by atoms with van der Waals surface area (Å²) >= 11 is 0. The maximum atomic E-state index is 10.9. The molecule has 20 heavy (non-hydrogen) atoms. The number of hydrogen-bond donors (Lipinski definition) is 2.